The summed E-state index contributed by atoms with van der Waals surface area (Å²) >= 11 is 0. The zero-order chi connectivity index (χ0) is 13.3. The minimum absolute atomic E-state index is 0.0830. The normalized spacial score (nSPS) is 23.9. The number of carbonyl (C=O) groups excluding carboxylic acids is 2. The van der Waals surface area contributed by atoms with Crippen molar-refractivity contribution in [2.75, 3.05) is 6.61 Å². The van der Waals surface area contributed by atoms with Crippen molar-refractivity contribution in [1.29, 1.82) is 0 Å². The molecule has 2 fully saturated rings. The number of hydrogen-bond donors (Lipinski definition) is 2. The number of nitrogens with one attached hydrogen (secondary N) is 2. The van der Waals surface area contributed by atoms with Crippen LogP contribution in [-0.2, 0) is 20.9 Å². The Balaban J connectivity index is 1.50. The van der Waals surface area contributed by atoms with Gasteiger partial charge in [-0.3, -0.25) is 9.59 Å². The highest BCUT2D eigenvalue weighted by Crippen LogP contribution is 2.37. The van der Waals surface area contributed by atoms with E-state index >= 15 is 0 Å². The molecular formula is C14H16N2O3. The largest absolute Gasteiger partial charge is 0.374 e. The van der Waals surface area contributed by atoms with Gasteiger partial charge >= 0.3 is 0 Å². The van der Waals surface area contributed by atoms with Gasteiger partial charge in [-0.2, -0.15) is 0 Å². The molecule has 2 amide bonds. The first kappa shape index (κ1) is 12.2. The van der Waals surface area contributed by atoms with Crippen LogP contribution in [0.3, 0.4) is 0 Å². The van der Waals surface area contributed by atoms with E-state index in [1.54, 1.807) is 0 Å². The Bertz CT molecular complexity index is 497. The SMILES string of the molecule is O=C1NC2(CC2)C(=O)N[C@H]1COCc1ccccc1. The maximum atomic E-state index is 11.8. The number of hydrogen-bond acceptors (Lipinski definition) is 3. The fourth-order valence-corrected chi connectivity index (χ4v) is 2.20. The van der Waals surface area contributed by atoms with Gasteiger partial charge in [0.1, 0.15) is 11.6 Å². The van der Waals surface area contributed by atoms with Crippen LogP contribution in [-0.4, -0.2) is 30.0 Å². The van der Waals surface area contributed by atoms with Gasteiger partial charge in [0.05, 0.1) is 13.2 Å². The smallest absolute Gasteiger partial charge is 0.246 e. The monoisotopic (exact) mass is 260 g/mol. The van der Waals surface area contributed by atoms with E-state index in [9.17, 15) is 9.59 Å². The van der Waals surface area contributed by atoms with Crippen molar-refractivity contribution in [3.05, 3.63) is 35.9 Å². The number of benzene rings is 1. The van der Waals surface area contributed by atoms with Gasteiger partial charge in [0.15, 0.2) is 0 Å². The van der Waals surface area contributed by atoms with E-state index in [-0.39, 0.29) is 18.4 Å². The lowest BCUT2D eigenvalue weighted by atomic mass is 10.1. The molecule has 19 heavy (non-hydrogen) atoms. The number of ether oxygens (including phenoxy) is 1. The van der Waals surface area contributed by atoms with E-state index < -0.39 is 11.6 Å². The third-order valence-corrected chi connectivity index (χ3v) is 3.57. The molecule has 5 heteroatoms. The third-order valence-electron chi connectivity index (χ3n) is 3.57. The fourth-order valence-electron chi connectivity index (χ4n) is 2.20. The van der Waals surface area contributed by atoms with Crippen LogP contribution in [0.15, 0.2) is 30.3 Å². The maximum absolute atomic E-state index is 11.8. The van der Waals surface area contributed by atoms with Gasteiger partial charge in [-0.15, -0.1) is 0 Å². The lowest BCUT2D eigenvalue weighted by molar-refractivity contribution is -0.139. The quantitative estimate of drug-likeness (QED) is 0.821. The molecule has 1 atom stereocenters. The summed E-state index contributed by atoms with van der Waals surface area (Å²) in [5.41, 5.74) is 0.441. The molecule has 1 saturated heterocycles. The molecule has 100 valence electrons. The Morgan fingerprint density at radius 1 is 1.21 bits per heavy atom. The van der Waals surface area contributed by atoms with Gasteiger partial charge < -0.3 is 15.4 Å². The summed E-state index contributed by atoms with van der Waals surface area (Å²) in [5, 5.41) is 5.51. The molecule has 1 spiro atoms. The van der Waals surface area contributed by atoms with Gasteiger partial charge in [0.25, 0.3) is 0 Å². The maximum Gasteiger partial charge on any atom is 0.246 e. The first-order chi connectivity index (χ1) is 9.20. The fraction of sp³-hybridized carbons (Fsp3) is 0.429. The van der Waals surface area contributed by atoms with Crippen molar-refractivity contribution in [3.8, 4) is 0 Å². The molecule has 2 N–H and O–H groups in total. The Morgan fingerprint density at radius 3 is 2.63 bits per heavy atom. The molecule has 1 aromatic rings. The summed E-state index contributed by atoms with van der Waals surface area (Å²) in [4.78, 5) is 23.6. The molecule has 3 rings (SSSR count). The molecule has 1 aliphatic heterocycles. The average Bonchev–Trinajstić information content (AvgIpc) is 3.18. The predicted molar refractivity (Wildman–Crippen MR) is 68.1 cm³/mol. The highest BCUT2D eigenvalue weighted by molar-refractivity contribution is 6.01. The van der Waals surface area contributed by atoms with Crippen LogP contribution in [0.2, 0.25) is 0 Å². The number of rotatable bonds is 4. The van der Waals surface area contributed by atoms with Gasteiger partial charge in [-0.05, 0) is 18.4 Å². The van der Waals surface area contributed by atoms with Crippen molar-refractivity contribution in [2.24, 2.45) is 0 Å². The molecule has 5 nitrogen and oxygen atoms in total. The molecule has 1 aliphatic carbocycles. The Labute approximate surface area is 111 Å². The van der Waals surface area contributed by atoms with Crippen molar-refractivity contribution in [1.82, 2.24) is 10.6 Å². The zero-order valence-electron chi connectivity index (χ0n) is 10.5. The summed E-state index contributed by atoms with van der Waals surface area (Å²) in [6, 6.07) is 9.14. The zero-order valence-corrected chi connectivity index (χ0v) is 10.5. The molecule has 0 bridgehead atoms. The summed E-state index contributed by atoms with van der Waals surface area (Å²) in [6.45, 7) is 0.633. The molecule has 0 aromatic heterocycles. The van der Waals surface area contributed by atoms with Crippen molar-refractivity contribution < 1.29 is 14.3 Å². The number of carbonyl (C=O) groups is 2. The van der Waals surface area contributed by atoms with E-state index in [0.29, 0.717) is 6.61 Å². The summed E-state index contributed by atoms with van der Waals surface area (Å²) in [5.74, 6) is -0.231. The van der Waals surface area contributed by atoms with Gasteiger partial charge in [0, 0.05) is 0 Å². The van der Waals surface area contributed by atoms with Crippen molar-refractivity contribution >= 4 is 11.8 Å². The first-order valence-corrected chi connectivity index (χ1v) is 6.44. The van der Waals surface area contributed by atoms with Crippen LogP contribution in [0.5, 0.6) is 0 Å². The first-order valence-electron chi connectivity index (χ1n) is 6.44. The van der Waals surface area contributed by atoms with Crippen LogP contribution < -0.4 is 10.6 Å². The van der Waals surface area contributed by atoms with Gasteiger partial charge in [-0.25, -0.2) is 0 Å². The minimum Gasteiger partial charge on any atom is -0.374 e. The van der Waals surface area contributed by atoms with Crippen LogP contribution >= 0.6 is 0 Å². The van der Waals surface area contributed by atoms with Crippen molar-refractivity contribution in [3.63, 3.8) is 0 Å². The second-order valence-corrected chi connectivity index (χ2v) is 5.10. The summed E-state index contributed by atoms with van der Waals surface area (Å²) in [7, 11) is 0. The van der Waals surface area contributed by atoms with Crippen LogP contribution in [0.1, 0.15) is 18.4 Å². The molecule has 0 radical (unpaired) electrons. The van der Waals surface area contributed by atoms with E-state index in [2.05, 4.69) is 10.6 Å². The average molecular weight is 260 g/mol. The summed E-state index contributed by atoms with van der Waals surface area (Å²) < 4.78 is 5.49. The molecule has 1 heterocycles. The lowest BCUT2D eigenvalue weighted by Crippen LogP contribution is -2.64. The van der Waals surface area contributed by atoms with Crippen LogP contribution in [0.4, 0.5) is 0 Å². The Hall–Kier alpha value is -1.88. The number of piperazine rings is 1. The molecule has 0 unspecified atom stereocenters. The lowest BCUT2D eigenvalue weighted by Gasteiger charge is -2.29. The Morgan fingerprint density at radius 2 is 1.95 bits per heavy atom. The second-order valence-electron chi connectivity index (χ2n) is 5.10. The van der Waals surface area contributed by atoms with E-state index in [0.717, 1.165) is 18.4 Å². The molecule has 1 saturated carbocycles. The molecular weight excluding hydrogens is 244 g/mol. The topological polar surface area (TPSA) is 67.4 Å². The van der Waals surface area contributed by atoms with E-state index in [1.165, 1.54) is 0 Å². The van der Waals surface area contributed by atoms with E-state index in [4.69, 9.17) is 4.74 Å². The second kappa shape index (κ2) is 4.66. The minimum atomic E-state index is -0.604. The van der Waals surface area contributed by atoms with Gasteiger partial charge in [-0.1, -0.05) is 30.3 Å². The highest BCUT2D eigenvalue weighted by Gasteiger charge is 2.55. The molecule has 1 aromatic carbocycles. The predicted octanol–water partition coefficient (Wildman–Crippen LogP) is 0.350. The molecule has 2 aliphatic rings. The highest BCUT2D eigenvalue weighted by atomic mass is 16.5. The number of amides is 2. The Kier molecular flexibility index (Phi) is 2.98. The van der Waals surface area contributed by atoms with Crippen LogP contribution in [0, 0.1) is 0 Å². The van der Waals surface area contributed by atoms with Gasteiger partial charge in [0.2, 0.25) is 11.8 Å². The standard InChI is InChI=1S/C14H16N2O3/c17-12-11(15-13(18)14(16-12)6-7-14)9-19-8-10-4-2-1-3-5-10/h1-5,11H,6-9H2,(H,15,18)(H,16,17)/t11-/m0/s1. The summed E-state index contributed by atoms with van der Waals surface area (Å²) in [6.07, 6.45) is 1.48. The third kappa shape index (κ3) is 2.46. The van der Waals surface area contributed by atoms with E-state index in [1.807, 2.05) is 30.3 Å². The van der Waals surface area contributed by atoms with Crippen LogP contribution in [0.25, 0.3) is 0 Å². The van der Waals surface area contributed by atoms with Crippen molar-refractivity contribution in [2.45, 2.75) is 31.0 Å².